The smallest absolute Gasteiger partial charge is 0.410 e. The Kier molecular flexibility index (Phi) is 6.03. The van der Waals surface area contributed by atoms with Gasteiger partial charge in [-0.2, -0.15) is 0 Å². The van der Waals surface area contributed by atoms with E-state index in [0.717, 1.165) is 11.3 Å². The monoisotopic (exact) mass is 460 g/mol. The predicted octanol–water partition coefficient (Wildman–Crippen LogP) is 3.95. The highest BCUT2D eigenvalue weighted by Gasteiger charge is 2.49. The summed E-state index contributed by atoms with van der Waals surface area (Å²) in [4.78, 5) is 33.1. The number of carbonyl (C=O) groups excluding carboxylic acids is 2. The molecule has 3 rings (SSSR count). The molecule has 0 aliphatic carbocycles. The average molecular weight is 461 g/mol. The molecule has 3 heterocycles. The normalized spacial score (nSPS) is 15.6. The van der Waals surface area contributed by atoms with Gasteiger partial charge in [0, 0.05) is 6.20 Å². The first-order valence-corrected chi connectivity index (χ1v) is 10.3. The molecule has 2 aromatic rings. The summed E-state index contributed by atoms with van der Waals surface area (Å²) in [6.45, 7) is 5.61. The van der Waals surface area contributed by atoms with Gasteiger partial charge in [-0.1, -0.05) is 11.6 Å². The van der Waals surface area contributed by atoms with Crippen LogP contribution in [0.25, 0.3) is 0 Å². The summed E-state index contributed by atoms with van der Waals surface area (Å²) in [7, 11) is 0. The maximum Gasteiger partial charge on any atom is 0.410 e. The van der Waals surface area contributed by atoms with Gasteiger partial charge >= 0.3 is 6.09 Å². The summed E-state index contributed by atoms with van der Waals surface area (Å²) >= 11 is 13.8. The Bertz CT molecular complexity index is 941. The largest absolute Gasteiger partial charge is 0.444 e. The Balaban J connectivity index is 1.64. The second-order valence-corrected chi connectivity index (χ2v) is 9.88. The third kappa shape index (κ3) is 4.96. The van der Waals surface area contributed by atoms with Crippen LogP contribution in [0.15, 0.2) is 18.3 Å². The maximum atomic E-state index is 13.6. The van der Waals surface area contributed by atoms with E-state index >= 15 is 0 Å². The molecule has 1 aliphatic rings. The van der Waals surface area contributed by atoms with Crippen LogP contribution in [0.3, 0.4) is 0 Å². The van der Waals surface area contributed by atoms with Crippen molar-refractivity contribution in [3.05, 3.63) is 44.9 Å². The van der Waals surface area contributed by atoms with Crippen LogP contribution in [0.1, 0.15) is 42.0 Å². The molecular weight excluding hydrogens is 442 g/mol. The molecule has 2 amide bonds. The van der Waals surface area contributed by atoms with Crippen LogP contribution in [0.2, 0.25) is 4.34 Å². The molecule has 1 saturated heterocycles. The highest BCUT2D eigenvalue weighted by Crippen LogP contribution is 2.43. The van der Waals surface area contributed by atoms with E-state index in [1.54, 1.807) is 20.8 Å². The molecule has 1 fully saturated rings. The third-order valence-corrected chi connectivity index (χ3v) is 5.96. The minimum Gasteiger partial charge on any atom is -0.444 e. The number of aromatic nitrogens is 2. The van der Waals surface area contributed by atoms with Crippen molar-refractivity contribution in [2.75, 3.05) is 13.1 Å². The van der Waals surface area contributed by atoms with Gasteiger partial charge in [-0.15, -0.1) is 22.9 Å². The zero-order valence-corrected chi connectivity index (χ0v) is 18.3. The number of rotatable bonds is 4. The van der Waals surface area contributed by atoms with Crippen molar-refractivity contribution in [2.24, 2.45) is 0 Å². The van der Waals surface area contributed by atoms with Gasteiger partial charge in [-0.3, -0.25) is 9.78 Å². The molecule has 0 radical (unpaired) electrons. The van der Waals surface area contributed by atoms with Gasteiger partial charge in [0.05, 0.1) is 25.3 Å². The number of carbonyl (C=O) groups is 2. The molecule has 1 N–H and O–H groups in total. The summed E-state index contributed by atoms with van der Waals surface area (Å²) in [5.74, 6) is -1.08. The first-order valence-electron chi connectivity index (χ1n) is 8.70. The Morgan fingerprint density at radius 2 is 2.10 bits per heavy atom. The first kappa shape index (κ1) is 21.7. The molecule has 0 aromatic carbocycles. The van der Waals surface area contributed by atoms with E-state index in [2.05, 4.69) is 15.3 Å². The standard InChI is InChI=1S/C18H19Cl2FN4O3S/c1-17(2,3)28-16(27)25-8-18(20,9-25)15-24-12(13(19)29-15)14(26)23-7-11-10(21)5-4-6-22-11/h4-6H,7-9H2,1-3H3,(H,23,26). The Morgan fingerprint density at radius 3 is 2.72 bits per heavy atom. The van der Waals surface area contributed by atoms with Crippen molar-refractivity contribution in [3.8, 4) is 0 Å². The topological polar surface area (TPSA) is 84.4 Å². The van der Waals surface area contributed by atoms with Gasteiger partial charge in [0.15, 0.2) is 5.69 Å². The molecule has 7 nitrogen and oxygen atoms in total. The number of amides is 2. The Labute approximate surface area is 181 Å². The Hall–Kier alpha value is -1.97. The van der Waals surface area contributed by atoms with Crippen molar-refractivity contribution in [1.29, 1.82) is 0 Å². The summed E-state index contributed by atoms with van der Waals surface area (Å²) in [5, 5.41) is 2.97. The lowest BCUT2D eigenvalue weighted by molar-refractivity contribution is 0.00313. The van der Waals surface area contributed by atoms with E-state index < -0.39 is 28.3 Å². The van der Waals surface area contributed by atoms with Gasteiger partial charge in [0.1, 0.15) is 25.6 Å². The third-order valence-electron chi connectivity index (χ3n) is 3.97. The molecular formula is C18H19Cl2FN4O3S. The molecule has 11 heteroatoms. The number of halogens is 3. The van der Waals surface area contributed by atoms with E-state index in [1.807, 2.05) is 0 Å². The highest BCUT2D eigenvalue weighted by molar-refractivity contribution is 7.16. The number of alkyl halides is 1. The van der Waals surface area contributed by atoms with E-state index in [9.17, 15) is 14.0 Å². The summed E-state index contributed by atoms with van der Waals surface area (Å²) in [6.07, 6.45) is 0.967. The minimum atomic E-state index is -0.934. The van der Waals surface area contributed by atoms with Crippen LogP contribution in [-0.2, 0) is 16.2 Å². The molecule has 156 valence electrons. The second kappa shape index (κ2) is 8.04. The molecule has 0 saturated carbocycles. The highest BCUT2D eigenvalue weighted by atomic mass is 35.5. The summed E-state index contributed by atoms with van der Waals surface area (Å²) < 4.78 is 19.1. The van der Waals surface area contributed by atoms with Crippen LogP contribution in [0.4, 0.5) is 9.18 Å². The number of thiazole rings is 1. The molecule has 1 aliphatic heterocycles. The van der Waals surface area contributed by atoms with E-state index in [0.29, 0.717) is 5.01 Å². The molecule has 0 bridgehead atoms. The lowest BCUT2D eigenvalue weighted by atomic mass is 10.0. The number of nitrogens with one attached hydrogen (secondary N) is 1. The van der Waals surface area contributed by atoms with Crippen LogP contribution in [0, 0.1) is 5.82 Å². The fourth-order valence-corrected chi connectivity index (χ4v) is 4.23. The average Bonchev–Trinajstić information content (AvgIpc) is 2.98. The lowest BCUT2D eigenvalue weighted by Crippen LogP contribution is -2.59. The first-order chi connectivity index (χ1) is 13.5. The number of pyridine rings is 1. The Morgan fingerprint density at radius 1 is 1.41 bits per heavy atom. The molecule has 29 heavy (non-hydrogen) atoms. The fourth-order valence-electron chi connectivity index (χ4n) is 2.58. The van der Waals surface area contributed by atoms with Crippen molar-refractivity contribution in [2.45, 2.75) is 37.8 Å². The zero-order chi connectivity index (χ0) is 21.4. The van der Waals surface area contributed by atoms with E-state index in [4.69, 9.17) is 27.9 Å². The predicted molar refractivity (Wildman–Crippen MR) is 108 cm³/mol. The number of nitrogens with zero attached hydrogens (tertiary/aromatic N) is 3. The van der Waals surface area contributed by atoms with E-state index in [1.165, 1.54) is 23.2 Å². The van der Waals surface area contributed by atoms with Crippen LogP contribution >= 0.6 is 34.5 Å². The lowest BCUT2D eigenvalue weighted by Gasteiger charge is -2.44. The van der Waals surface area contributed by atoms with Gasteiger partial charge in [-0.25, -0.2) is 14.2 Å². The van der Waals surface area contributed by atoms with Crippen molar-refractivity contribution >= 4 is 46.5 Å². The van der Waals surface area contributed by atoms with Crippen molar-refractivity contribution in [1.82, 2.24) is 20.2 Å². The fraction of sp³-hybridized carbons (Fsp3) is 0.444. The minimum absolute atomic E-state index is 0.00116. The van der Waals surface area contributed by atoms with Crippen molar-refractivity contribution < 1.29 is 18.7 Å². The second-order valence-electron chi connectivity index (χ2n) is 7.56. The molecule has 0 unspecified atom stereocenters. The molecule has 0 spiro atoms. The maximum absolute atomic E-state index is 13.6. The van der Waals surface area contributed by atoms with Gasteiger partial charge in [-0.05, 0) is 32.9 Å². The van der Waals surface area contributed by atoms with Gasteiger partial charge < -0.3 is 15.0 Å². The number of hydrogen-bond acceptors (Lipinski definition) is 6. The number of ether oxygens (including phenoxy) is 1. The SMILES string of the molecule is CC(C)(C)OC(=O)N1CC(Cl)(c2nc(C(=O)NCc3ncccc3F)c(Cl)s2)C1. The van der Waals surface area contributed by atoms with Crippen LogP contribution in [-0.4, -0.2) is 45.6 Å². The molecule has 2 aromatic heterocycles. The summed E-state index contributed by atoms with van der Waals surface area (Å²) in [6, 6.07) is 2.72. The van der Waals surface area contributed by atoms with E-state index in [-0.39, 0.29) is 35.4 Å². The van der Waals surface area contributed by atoms with Crippen molar-refractivity contribution in [3.63, 3.8) is 0 Å². The molecule has 0 atom stereocenters. The number of likely N-dealkylation sites (tertiary alicyclic amines) is 1. The zero-order valence-electron chi connectivity index (χ0n) is 16.0. The van der Waals surface area contributed by atoms with Gasteiger partial charge in [0.25, 0.3) is 5.91 Å². The quantitative estimate of drug-likeness (QED) is 0.698. The van der Waals surface area contributed by atoms with Gasteiger partial charge in [0.2, 0.25) is 0 Å². The summed E-state index contributed by atoms with van der Waals surface area (Å²) in [5.41, 5.74) is -0.503. The van der Waals surface area contributed by atoms with Crippen LogP contribution in [0.5, 0.6) is 0 Å². The van der Waals surface area contributed by atoms with Crippen LogP contribution < -0.4 is 5.32 Å². The number of hydrogen-bond donors (Lipinski definition) is 1.